The van der Waals surface area contributed by atoms with E-state index in [0.717, 1.165) is 11.3 Å². The van der Waals surface area contributed by atoms with Crippen molar-refractivity contribution in [2.24, 2.45) is 0 Å². The van der Waals surface area contributed by atoms with Crippen LogP contribution in [-0.4, -0.2) is 17.0 Å². The Labute approximate surface area is 98.4 Å². The number of hydrogen-bond donors (Lipinski definition) is 1. The van der Waals surface area contributed by atoms with E-state index in [1.807, 2.05) is 19.1 Å². The lowest BCUT2D eigenvalue weighted by Gasteiger charge is -2.08. The molecule has 0 bridgehead atoms. The number of aliphatic hydroxyl groups excluding tert-OH is 1. The van der Waals surface area contributed by atoms with Crippen LogP contribution in [0.3, 0.4) is 0 Å². The number of aliphatic hydroxyl groups is 1. The van der Waals surface area contributed by atoms with Crippen molar-refractivity contribution in [3.63, 3.8) is 0 Å². The highest BCUT2D eigenvalue weighted by atomic mass is 35.5. The molecule has 1 aromatic carbocycles. The molecule has 1 rings (SSSR count). The molecule has 0 aliphatic rings. The third kappa shape index (κ3) is 3.70. The van der Waals surface area contributed by atoms with E-state index in [-0.39, 0.29) is 11.9 Å². The fourth-order valence-corrected chi connectivity index (χ4v) is 2.30. The minimum Gasteiger partial charge on any atom is -0.395 e. The van der Waals surface area contributed by atoms with E-state index in [0.29, 0.717) is 10.0 Å². The molecule has 0 aromatic heterocycles. The lowest BCUT2D eigenvalue weighted by atomic mass is 10.2. The molecule has 78 valence electrons. The molecule has 0 saturated carbocycles. The van der Waals surface area contributed by atoms with Gasteiger partial charge in [0.2, 0.25) is 0 Å². The quantitative estimate of drug-likeness (QED) is 0.882. The fourth-order valence-electron chi connectivity index (χ4n) is 0.923. The summed E-state index contributed by atoms with van der Waals surface area (Å²) < 4.78 is 0. The highest BCUT2D eigenvalue weighted by Gasteiger charge is 2.04. The summed E-state index contributed by atoms with van der Waals surface area (Å²) in [7, 11) is 0. The van der Waals surface area contributed by atoms with E-state index in [4.69, 9.17) is 28.3 Å². The molecule has 0 saturated heterocycles. The lowest BCUT2D eigenvalue weighted by Crippen LogP contribution is -2.02. The monoisotopic (exact) mass is 250 g/mol. The Morgan fingerprint density at radius 1 is 1.43 bits per heavy atom. The summed E-state index contributed by atoms with van der Waals surface area (Å²) in [6, 6.07) is 5.48. The number of hydrogen-bond acceptors (Lipinski definition) is 2. The van der Waals surface area contributed by atoms with Crippen molar-refractivity contribution < 1.29 is 5.11 Å². The molecule has 0 aliphatic carbocycles. The predicted octanol–water partition coefficient (Wildman–Crippen LogP) is 3.61. The minimum absolute atomic E-state index is 0.190. The normalized spacial score (nSPS) is 12.9. The highest BCUT2D eigenvalue weighted by molar-refractivity contribution is 7.99. The molecule has 0 spiro atoms. The molecule has 0 heterocycles. The van der Waals surface area contributed by atoms with Crippen molar-refractivity contribution in [3.8, 4) is 0 Å². The molecule has 0 radical (unpaired) electrons. The average Bonchev–Trinajstić information content (AvgIpc) is 2.16. The molecule has 1 nitrogen and oxygen atoms in total. The topological polar surface area (TPSA) is 20.2 Å². The smallest absolute Gasteiger partial charge is 0.0547 e. The minimum atomic E-state index is 0.190. The zero-order chi connectivity index (χ0) is 10.6. The molecule has 14 heavy (non-hydrogen) atoms. The maximum atomic E-state index is 8.85. The maximum absolute atomic E-state index is 8.85. The Morgan fingerprint density at radius 3 is 2.71 bits per heavy atom. The summed E-state index contributed by atoms with van der Waals surface area (Å²) >= 11 is 13.4. The number of rotatable bonds is 4. The van der Waals surface area contributed by atoms with Gasteiger partial charge in [0.25, 0.3) is 0 Å². The van der Waals surface area contributed by atoms with E-state index >= 15 is 0 Å². The van der Waals surface area contributed by atoms with E-state index < -0.39 is 0 Å². The zero-order valence-corrected chi connectivity index (χ0v) is 10.2. The fraction of sp³-hybridized carbons (Fsp3) is 0.400. The Hall–Kier alpha value is 0.110. The first kappa shape index (κ1) is 12.2. The molecule has 0 amide bonds. The molecule has 1 unspecified atom stereocenters. The first-order valence-electron chi connectivity index (χ1n) is 4.30. The average molecular weight is 251 g/mol. The second-order valence-corrected chi connectivity index (χ2v) is 5.31. The summed E-state index contributed by atoms with van der Waals surface area (Å²) in [5, 5.41) is 10.4. The van der Waals surface area contributed by atoms with Gasteiger partial charge in [0.1, 0.15) is 0 Å². The third-order valence-electron chi connectivity index (χ3n) is 1.80. The van der Waals surface area contributed by atoms with Crippen molar-refractivity contribution >= 4 is 35.0 Å². The van der Waals surface area contributed by atoms with Crippen LogP contribution < -0.4 is 0 Å². The number of thioether (sulfide) groups is 1. The van der Waals surface area contributed by atoms with Crippen LogP contribution in [0.25, 0.3) is 0 Å². The molecular formula is C10H12Cl2OS. The van der Waals surface area contributed by atoms with Crippen molar-refractivity contribution in [1.29, 1.82) is 0 Å². The summed E-state index contributed by atoms with van der Waals surface area (Å²) in [5.74, 6) is 0.803. The van der Waals surface area contributed by atoms with E-state index in [1.54, 1.807) is 17.8 Å². The molecule has 0 fully saturated rings. The molecule has 4 heteroatoms. The maximum Gasteiger partial charge on any atom is 0.0547 e. The molecule has 1 N–H and O–H groups in total. The standard InChI is InChI=1S/C10H12Cl2OS/c1-7(5-13)14-6-8-2-3-9(11)4-10(8)12/h2-4,7,13H,5-6H2,1H3. The summed E-state index contributed by atoms with van der Waals surface area (Å²) in [6.45, 7) is 2.17. The van der Waals surface area contributed by atoms with Crippen LogP contribution in [0, 0.1) is 0 Å². The van der Waals surface area contributed by atoms with Crippen LogP contribution in [0.15, 0.2) is 18.2 Å². The van der Waals surface area contributed by atoms with Crippen LogP contribution in [-0.2, 0) is 5.75 Å². The molecule has 1 atom stereocenters. The van der Waals surface area contributed by atoms with Crippen LogP contribution in [0.2, 0.25) is 10.0 Å². The van der Waals surface area contributed by atoms with E-state index in [1.165, 1.54) is 0 Å². The second kappa shape index (κ2) is 5.86. The number of halogens is 2. The summed E-state index contributed by atoms with van der Waals surface area (Å²) in [6.07, 6.45) is 0. The van der Waals surface area contributed by atoms with Crippen molar-refractivity contribution in [1.82, 2.24) is 0 Å². The summed E-state index contributed by atoms with van der Waals surface area (Å²) in [5.41, 5.74) is 1.06. The van der Waals surface area contributed by atoms with Gasteiger partial charge in [-0.25, -0.2) is 0 Å². The largest absolute Gasteiger partial charge is 0.395 e. The first-order valence-corrected chi connectivity index (χ1v) is 6.10. The predicted molar refractivity (Wildman–Crippen MR) is 64.3 cm³/mol. The van der Waals surface area contributed by atoms with Crippen LogP contribution >= 0.6 is 35.0 Å². The van der Waals surface area contributed by atoms with Gasteiger partial charge in [0.05, 0.1) is 6.61 Å². The Bertz CT molecular complexity index is 304. The van der Waals surface area contributed by atoms with Crippen LogP contribution in [0.5, 0.6) is 0 Å². The van der Waals surface area contributed by atoms with Crippen molar-refractivity contribution in [2.75, 3.05) is 6.61 Å². The van der Waals surface area contributed by atoms with Gasteiger partial charge < -0.3 is 5.11 Å². The highest BCUT2D eigenvalue weighted by Crippen LogP contribution is 2.26. The third-order valence-corrected chi connectivity index (χ3v) is 3.58. The summed E-state index contributed by atoms with van der Waals surface area (Å²) in [4.78, 5) is 0. The Morgan fingerprint density at radius 2 is 2.14 bits per heavy atom. The SMILES string of the molecule is CC(CO)SCc1ccc(Cl)cc1Cl. The van der Waals surface area contributed by atoms with Crippen LogP contribution in [0.4, 0.5) is 0 Å². The van der Waals surface area contributed by atoms with Gasteiger partial charge >= 0.3 is 0 Å². The van der Waals surface area contributed by atoms with Gasteiger partial charge in [-0.1, -0.05) is 36.2 Å². The van der Waals surface area contributed by atoms with E-state index in [2.05, 4.69) is 0 Å². The van der Waals surface area contributed by atoms with Gasteiger partial charge in [-0.05, 0) is 17.7 Å². The van der Waals surface area contributed by atoms with Crippen molar-refractivity contribution in [2.45, 2.75) is 17.9 Å². The zero-order valence-electron chi connectivity index (χ0n) is 7.84. The molecule has 1 aromatic rings. The van der Waals surface area contributed by atoms with E-state index in [9.17, 15) is 0 Å². The molecule has 0 aliphatic heterocycles. The lowest BCUT2D eigenvalue weighted by molar-refractivity contribution is 0.300. The Balaban J connectivity index is 2.59. The second-order valence-electron chi connectivity index (χ2n) is 3.04. The molecular weight excluding hydrogens is 239 g/mol. The van der Waals surface area contributed by atoms with Crippen molar-refractivity contribution in [3.05, 3.63) is 33.8 Å². The first-order chi connectivity index (χ1) is 6.63. The van der Waals surface area contributed by atoms with Gasteiger partial charge in [0, 0.05) is 21.0 Å². The Kier molecular flexibility index (Phi) is 5.10. The number of benzene rings is 1. The van der Waals surface area contributed by atoms with Gasteiger partial charge in [-0.15, -0.1) is 0 Å². The van der Waals surface area contributed by atoms with Crippen LogP contribution in [0.1, 0.15) is 12.5 Å². The van der Waals surface area contributed by atoms with Gasteiger partial charge in [-0.3, -0.25) is 0 Å². The van der Waals surface area contributed by atoms with Gasteiger partial charge in [0.15, 0.2) is 0 Å². The van der Waals surface area contributed by atoms with Gasteiger partial charge in [-0.2, -0.15) is 11.8 Å².